The van der Waals surface area contributed by atoms with Crippen molar-refractivity contribution in [1.29, 1.82) is 0 Å². The molecule has 0 aromatic heterocycles. The molecule has 0 fully saturated rings. The molecule has 0 unspecified atom stereocenters. The number of rotatable bonds is 3. The van der Waals surface area contributed by atoms with E-state index in [0.29, 0.717) is 0 Å². The average Bonchev–Trinajstić information content (AvgIpc) is 3.77. The zero-order valence-corrected chi connectivity index (χ0v) is 32.2. The number of hydrogen-bond acceptors (Lipinski definition) is 3. The van der Waals surface area contributed by atoms with E-state index in [-0.39, 0.29) is 5.41 Å². The van der Waals surface area contributed by atoms with Crippen LogP contribution in [0.15, 0.2) is 236 Å². The third kappa shape index (κ3) is 6.09. The second-order valence-electron chi connectivity index (χ2n) is 14.9. The molecular formula is C55H43N3. The zero-order chi connectivity index (χ0) is 38.7. The standard InChI is InChI=1S/C31H21N.C18H16N2.C6H6/c1-2-10-21(11-3-1)32-22-18-19-26-25-14-6-9-17-29(25)31(30(26)20-22)27-15-7-4-12-23(27)24-13-5-8-16-28(24)31;1-2-8-14(9-3-1)20-17-12-6-4-10-15(17)19-16-11-5-7-13-18(16)20;1-2-4-6-5-3-1/h1-20,32H;1-4,6-10,12-13,19H,5,11H2;1-6H. The smallest absolute Gasteiger partial charge is 0.0726 e. The molecule has 1 heterocycles. The molecule has 8 aromatic carbocycles. The molecule has 0 bridgehead atoms. The fourth-order valence-corrected chi connectivity index (χ4v) is 9.15. The van der Waals surface area contributed by atoms with Gasteiger partial charge in [0.1, 0.15) is 0 Å². The molecule has 8 aromatic rings. The summed E-state index contributed by atoms with van der Waals surface area (Å²) in [6.07, 6.45) is 6.67. The van der Waals surface area contributed by atoms with Gasteiger partial charge in [-0.3, -0.25) is 0 Å². The van der Waals surface area contributed by atoms with Crippen molar-refractivity contribution in [2.24, 2.45) is 0 Å². The van der Waals surface area contributed by atoms with Crippen LogP contribution in [0.4, 0.5) is 28.4 Å². The van der Waals surface area contributed by atoms with Crippen LogP contribution in [-0.4, -0.2) is 0 Å². The maximum Gasteiger partial charge on any atom is 0.0726 e. The molecule has 4 aliphatic rings. The monoisotopic (exact) mass is 745 g/mol. The lowest BCUT2D eigenvalue weighted by Gasteiger charge is -2.36. The predicted molar refractivity (Wildman–Crippen MR) is 243 cm³/mol. The molecule has 0 radical (unpaired) electrons. The first-order chi connectivity index (χ1) is 28.8. The Balaban J connectivity index is 0.000000133. The molecular weight excluding hydrogens is 703 g/mol. The molecule has 3 aliphatic carbocycles. The van der Waals surface area contributed by atoms with Crippen molar-refractivity contribution >= 4 is 28.4 Å². The minimum atomic E-state index is -0.284. The summed E-state index contributed by atoms with van der Waals surface area (Å²) in [6.45, 7) is 0. The third-order valence-electron chi connectivity index (χ3n) is 11.6. The Morgan fingerprint density at radius 3 is 1.57 bits per heavy atom. The minimum Gasteiger partial charge on any atom is -0.356 e. The molecule has 1 aliphatic heterocycles. The molecule has 3 nitrogen and oxygen atoms in total. The number of allylic oxidation sites excluding steroid dienone is 3. The van der Waals surface area contributed by atoms with Gasteiger partial charge in [0.05, 0.1) is 22.5 Å². The van der Waals surface area contributed by atoms with Crippen molar-refractivity contribution < 1.29 is 0 Å². The van der Waals surface area contributed by atoms with Crippen LogP contribution >= 0.6 is 0 Å². The van der Waals surface area contributed by atoms with E-state index in [2.05, 4.69) is 198 Å². The molecule has 2 N–H and O–H groups in total. The molecule has 0 saturated heterocycles. The number of anilines is 5. The van der Waals surface area contributed by atoms with Crippen LogP contribution in [0.1, 0.15) is 35.1 Å². The van der Waals surface area contributed by atoms with Crippen molar-refractivity contribution in [3.63, 3.8) is 0 Å². The first-order valence-corrected chi connectivity index (χ1v) is 20.2. The Labute approximate surface area is 341 Å². The molecule has 12 rings (SSSR count). The summed E-state index contributed by atoms with van der Waals surface area (Å²) in [5.74, 6) is 0. The maximum atomic E-state index is 3.61. The lowest BCUT2D eigenvalue weighted by atomic mass is 9.70. The van der Waals surface area contributed by atoms with Crippen LogP contribution in [0.3, 0.4) is 0 Å². The molecule has 0 atom stereocenters. The van der Waals surface area contributed by atoms with E-state index in [4.69, 9.17) is 0 Å². The maximum absolute atomic E-state index is 3.61. The van der Waals surface area contributed by atoms with Crippen molar-refractivity contribution in [2.75, 3.05) is 15.5 Å². The topological polar surface area (TPSA) is 27.3 Å². The Bertz CT molecular complexity index is 2700. The van der Waals surface area contributed by atoms with Gasteiger partial charge in [-0.25, -0.2) is 0 Å². The fourth-order valence-electron chi connectivity index (χ4n) is 9.15. The van der Waals surface area contributed by atoms with E-state index >= 15 is 0 Å². The van der Waals surface area contributed by atoms with Gasteiger partial charge < -0.3 is 15.5 Å². The lowest BCUT2D eigenvalue weighted by molar-refractivity contribution is 0.794. The first-order valence-electron chi connectivity index (χ1n) is 20.2. The van der Waals surface area contributed by atoms with Gasteiger partial charge in [0.15, 0.2) is 0 Å². The highest BCUT2D eigenvalue weighted by Crippen LogP contribution is 2.63. The van der Waals surface area contributed by atoms with E-state index in [0.717, 1.165) is 24.2 Å². The van der Waals surface area contributed by atoms with Crippen LogP contribution in [0.5, 0.6) is 0 Å². The van der Waals surface area contributed by atoms with Gasteiger partial charge in [-0.1, -0.05) is 170 Å². The van der Waals surface area contributed by atoms with E-state index in [1.54, 1.807) is 0 Å². The Hall–Kier alpha value is -7.36. The molecule has 0 saturated carbocycles. The fraction of sp³-hybridized carbons (Fsp3) is 0.0545. The van der Waals surface area contributed by atoms with Crippen LogP contribution in [0.25, 0.3) is 22.3 Å². The molecule has 3 heteroatoms. The number of hydrogen-bond donors (Lipinski definition) is 2. The van der Waals surface area contributed by atoms with Gasteiger partial charge in [-0.2, -0.15) is 0 Å². The summed E-state index contributed by atoms with van der Waals surface area (Å²) in [7, 11) is 0. The number of para-hydroxylation sites is 4. The van der Waals surface area contributed by atoms with Crippen molar-refractivity contribution in [1.82, 2.24) is 0 Å². The largest absolute Gasteiger partial charge is 0.356 e. The Morgan fingerprint density at radius 2 is 0.948 bits per heavy atom. The van der Waals surface area contributed by atoms with Gasteiger partial charge in [-0.15, -0.1) is 0 Å². The van der Waals surface area contributed by atoms with Crippen molar-refractivity contribution in [3.05, 3.63) is 258 Å². The highest BCUT2D eigenvalue weighted by molar-refractivity contribution is 5.95. The number of benzene rings is 8. The van der Waals surface area contributed by atoms with Crippen LogP contribution in [-0.2, 0) is 5.41 Å². The average molecular weight is 746 g/mol. The molecule has 58 heavy (non-hydrogen) atoms. The van der Waals surface area contributed by atoms with Gasteiger partial charge in [0.2, 0.25) is 0 Å². The van der Waals surface area contributed by atoms with E-state index in [9.17, 15) is 0 Å². The Kier molecular flexibility index (Phi) is 9.25. The normalized spacial score (nSPS) is 14.2. The Morgan fingerprint density at radius 1 is 0.448 bits per heavy atom. The highest BCUT2D eigenvalue weighted by atomic mass is 15.2. The lowest BCUT2D eigenvalue weighted by Crippen LogP contribution is -2.26. The first kappa shape index (κ1) is 35.1. The minimum absolute atomic E-state index is 0.284. The second kappa shape index (κ2) is 15.3. The molecule has 278 valence electrons. The molecule has 0 amide bonds. The third-order valence-corrected chi connectivity index (χ3v) is 11.6. The number of fused-ring (bicyclic) bond motifs is 11. The second-order valence-corrected chi connectivity index (χ2v) is 14.9. The molecule has 1 spiro atoms. The van der Waals surface area contributed by atoms with Crippen molar-refractivity contribution in [2.45, 2.75) is 18.3 Å². The summed E-state index contributed by atoms with van der Waals surface area (Å²) >= 11 is 0. The van der Waals surface area contributed by atoms with Gasteiger partial charge in [0, 0.05) is 22.8 Å². The summed E-state index contributed by atoms with van der Waals surface area (Å²) < 4.78 is 0. The van der Waals surface area contributed by atoms with Crippen molar-refractivity contribution in [3.8, 4) is 22.3 Å². The van der Waals surface area contributed by atoms with Crippen LogP contribution in [0.2, 0.25) is 0 Å². The van der Waals surface area contributed by atoms with E-state index < -0.39 is 0 Å². The van der Waals surface area contributed by atoms with E-state index in [1.807, 2.05) is 42.5 Å². The van der Waals surface area contributed by atoms with Gasteiger partial charge in [0.25, 0.3) is 0 Å². The number of nitrogens with zero attached hydrogens (tertiary/aromatic N) is 1. The van der Waals surface area contributed by atoms with Crippen LogP contribution in [0, 0.1) is 0 Å². The van der Waals surface area contributed by atoms with E-state index in [1.165, 1.54) is 73.0 Å². The summed E-state index contributed by atoms with van der Waals surface area (Å²) in [4.78, 5) is 2.34. The predicted octanol–water partition coefficient (Wildman–Crippen LogP) is 14.3. The zero-order valence-electron chi connectivity index (χ0n) is 32.2. The van der Waals surface area contributed by atoms with Gasteiger partial charge in [-0.05, 0) is 112 Å². The van der Waals surface area contributed by atoms with Gasteiger partial charge >= 0.3 is 0 Å². The summed E-state index contributed by atoms with van der Waals surface area (Å²) in [6, 6.07) is 75.1. The summed E-state index contributed by atoms with van der Waals surface area (Å²) in [5, 5.41) is 7.20. The summed E-state index contributed by atoms with van der Waals surface area (Å²) in [5.41, 5.74) is 19.0. The number of nitrogens with one attached hydrogen (secondary N) is 2. The SMILES string of the molecule is C1=CC2=C(CC1)Nc1ccccc1N2c1ccccc1.c1ccc(Nc2ccc3c(c2)C2(c4ccccc4-c4ccccc42)c2ccccc2-3)cc1.c1ccccc1. The van der Waals surface area contributed by atoms with Crippen LogP contribution < -0.4 is 15.5 Å². The quantitative estimate of drug-likeness (QED) is 0.189. The highest BCUT2D eigenvalue weighted by Gasteiger charge is 2.51.